The maximum atomic E-state index is 11.5. The number of aromatic nitrogens is 2. The molecular formula is C19H14N2O4-2. The normalized spacial score (nSPS) is 11.8. The van der Waals surface area contributed by atoms with Crippen molar-refractivity contribution < 1.29 is 19.8 Å². The third-order valence-electron chi connectivity index (χ3n) is 3.80. The van der Waals surface area contributed by atoms with Gasteiger partial charge in [-0.25, -0.2) is 0 Å². The second kappa shape index (κ2) is 7.00. The van der Waals surface area contributed by atoms with Gasteiger partial charge in [0.15, 0.2) is 0 Å². The van der Waals surface area contributed by atoms with Crippen molar-refractivity contribution in [3.05, 3.63) is 66.7 Å². The lowest BCUT2D eigenvalue weighted by Crippen LogP contribution is -2.38. The highest BCUT2D eigenvalue weighted by Crippen LogP contribution is 2.29. The van der Waals surface area contributed by atoms with Crippen LogP contribution in [0.25, 0.3) is 22.5 Å². The van der Waals surface area contributed by atoms with E-state index in [0.717, 1.165) is 11.1 Å². The number of rotatable bonds is 6. The zero-order valence-electron chi connectivity index (χ0n) is 13.2. The minimum atomic E-state index is -1.52. The van der Waals surface area contributed by atoms with E-state index >= 15 is 0 Å². The highest BCUT2D eigenvalue weighted by molar-refractivity contribution is 5.79. The number of carbonyl (C=O) groups excluding carboxylic acids is 2. The fraction of sp³-hybridized carbons (Fsp3) is 0.105. The summed E-state index contributed by atoms with van der Waals surface area (Å²) in [7, 11) is 0. The zero-order valence-corrected chi connectivity index (χ0v) is 13.2. The maximum Gasteiger partial charge on any atom is 0.0971 e. The monoisotopic (exact) mass is 334 g/mol. The standard InChI is InChI=1S/C19H16N2O4/c22-18(23)12-17(19(24)25)21-16(14-9-5-2-6-10-14)11-15(20-21)13-7-3-1-4-8-13/h1-11,17H,12H2,(H,22,23)(H,24,25)/p-2. The Kier molecular flexibility index (Phi) is 4.61. The molecule has 0 amide bonds. The van der Waals surface area contributed by atoms with Gasteiger partial charge in [0.05, 0.1) is 23.4 Å². The van der Waals surface area contributed by atoms with Crippen molar-refractivity contribution in [2.45, 2.75) is 12.5 Å². The quantitative estimate of drug-likeness (QED) is 0.659. The Bertz CT molecular complexity index is 888. The van der Waals surface area contributed by atoms with E-state index in [1.807, 2.05) is 48.5 Å². The molecule has 2 aromatic carbocycles. The van der Waals surface area contributed by atoms with Gasteiger partial charge in [-0.3, -0.25) is 4.68 Å². The van der Waals surface area contributed by atoms with Crippen molar-refractivity contribution in [3.63, 3.8) is 0 Å². The summed E-state index contributed by atoms with van der Waals surface area (Å²) in [6.45, 7) is 0. The van der Waals surface area contributed by atoms with Crippen LogP contribution in [0.15, 0.2) is 66.7 Å². The largest absolute Gasteiger partial charge is 0.550 e. The van der Waals surface area contributed by atoms with E-state index in [0.29, 0.717) is 11.4 Å². The number of carbonyl (C=O) groups is 2. The second-order valence-corrected chi connectivity index (χ2v) is 5.50. The lowest BCUT2D eigenvalue weighted by Gasteiger charge is -2.21. The smallest absolute Gasteiger partial charge is 0.0971 e. The first-order valence-corrected chi connectivity index (χ1v) is 7.67. The minimum absolute atomic E-state index is 0.495. The van der Waals surface area contributed by atoms with Crippen LogP contribution in [-0.2, 0) is 9.59 Å². The van der Waals surface area contributed by atoms with Crippen LogP contribution in [0.5, 0.6) is 0 Å². The van der Waals surface area contributed by atoms with Gasteiger partial charge in [0.1, 0.15) is 0 Å². The molecule has 0 spiro atoms. The van der Waals surface area contributed by atoms with Gasteiger partial charge in [0, 0.05) is 18.0 Å². The van der Waals surface area contributed by atoms with Crippen LogP contribution in [0.1, 0.15) is 12.5 Å². The van der Waals surface area contributed by atoms with Crippen molar-refractivity contribution in [2.24, 2.45) is 0 Å². The van der Waals surface area contributed by atoms with Gasteiger partial charge in [-0.05, 0) is 11.6 Å². The summed E-state index contributed by atoms with van der Waals surface area (Å²) in [6.07, 6.45) is -0.724. The second-order valence-electron chi connectivity index (χ2n) is 5.50. The molecule has 1 unspecified atom stereocenters. The van der Waals surface area contributed by atoms with Crippen LogP contribution in [-0.4, -0.2) is 21.7 Å². The molecule has 0 radical (unpaired) electrons. The van der Waals surface area contributed by atoms with E-state index < -0.39 is 24.4 Å². The third-order valence-corrected chi connectivity index (χ3v) is 3.80. The zero-order chi connectivity index (χ0) is 17.8. The Balaban J connectivity index is 2.16. The van der Waals surface area contributed by atoms with Crippen LogP contribution in [0, 0.1) is 0 Å². The Hall–Kier alpha value is -3.41. The van der Waals surface area contributed by atoms with Crippen LogP contribution >= 0.6 is 0 Å². The Morgan fingerprint density at radius 2 is 1.48 bits per heavy atom. The fourth-order valence-corrected chi connectivity index (χ4v) is 2.63. The molecule has 126 valence electrons. The van der Waals surface area contributed by atoms with Gasteiger partial charge in [0.25, 0.3) is 0 Å². The maximum absolute atomic E-state index is 11.5. The number of hydrogen-bond acceptors (Lipinski definition) is 5. The Morgan fingerprint density at radius 3 is 2.00 bits per heavy atom. The molecule has 3 aromatic rings. The summed E-state index contributed by atoms with van der Waals surface area (Å²) in [5.41, 5.74) is 2.56. The molecule has 0 saturated carbocycles. The number of carboxylic acid groups (broad SMARTS) is 2. The molecule has 1 atom stereocenters. The van der Waals surface area contributed by atoms with E-state index in [1.165, 1.54) is 4.68 Å². The summed E-state index contributed by atoms with van der Waals surface area (Å²) in [4.78, 5) is 22.5. The predicted octanol–water partition coefficient (Wildman–Crippen LogP) is 0.648. The SMILES string of the molecule is O=C([O-])CC(C(=O)[O-])n1nc(-c2ccccc2)cc1-c1ccccc1. The molecule has 0 saturated heterocycles. The third kappa shape index (κ3) is 3.58. The average Bonchev–Trinajstić information content (AvgIpc) is 3.06. The molecule has 0 aliphatic heterocycles. The van der Waals surface area contributed by atoms with Gasteiger partial charge in [-0.2, -0.15) is 5.10 Å². The summed E-state index contributed by atoms with van der Waals surface area (Å²) in [6, 6.07) is 18.5. The van der Waals surface area contributed by atoms with E-state index in [-0.39, 0.29) is 0 Å². The number of nitrogens with zero attached hydrogens (tertiary/aromatic N) is 2. The van der Waals surface area contributed by atoms with Gasteiger partial charge >= 0.3 is 0 Å². The van der Waals surface area contributed by atoms with Gasteiger partial charge in [-0.1, -0.05) is 60.7 Å². The van der Waals surface area contributed by atoms with Crippen LogP contribution < -0.4 is 10.2 Å². The lowest BCUT2D eigenvalue weighted by molar-refractivity contribution is -0.319. The number of carboxylic acids is 2. The molecule has 0 fully saturated rings. The molecule has 25 heavy (non-hydrogen) atoms. The first kappa shape index (κ1) is 16.4. The number of hydrogen-bond donors (Lipinski definition) is 0. The Labute approximate surface area is 144 Å². The van der Waals surface area contributed by atoms with E-state index in [1.54, 1.807) is 18.2 Å². The van der Waals surface area contributed by atoms with Crippen molar-refractivity contribution in [1.29, 1.82) is 0 Å². The lowest BCUT2D eigenvalue weighted by atomic mass is 10.1. The highest BCUT2D eigenvalue weighted by atomic mass is 16.4. The molecule has 0 N–H and O–H groups in total. The van der Waals surface area contributed by atoms with Crippen LogP contribution in [0.3, 0.4) is 0 Å². The minimum Gasteiger partial charge on any atom is -0.550 e. The van der Waals surface area contributed by atoms with E-state index in [2.05, 4.69) is 5.10 Å². The van der Waals surface area contributed by atoms with Crippen molar-refractivity contribution >= 4 is 11.9 Å². The molecule has 1 heterocycles. The van der Waals surface area contributed by atoms with Gasteiger partial charge in [0.2, 0.25) is 0 Å². The number of benzene rings is 2. The molecule has 3 rings (SSSR count). The van der Waals surface area contributed by atoms with E-state index in [9.17, 15) is 19.8 Å². The summed E-state index contributed by atoms with van der Waals surface area (Å²) < 4.78 is 1.18. The molecule has 6 heteroatoms. The van der Waals surface area contributed by atoms with Crippen molar-refractivity contribution in [3.8, 4) is 22.5 Å². The first-order chi connectivity index (χ1) is 12.1. The Morgan fingerprint density at radius 1 is 0.920 bits per heavy atom. The summed E-state index contributed by atoms with van der Waals surface area (Å²) >= 11 is 0. The molecule has 6 nitrogen and oxygen atoms in total. The molecule has 0 aliphatic rings. The van der Waals surface area contributed by atoms with Crippen molar-refractivity contribution in [2.75, 3.05) is 0 Å². The van der Waals surface area contributed by atoms with E-state index in [4.69, 9.17) is 0 Å². The summed E-state index contributed by atoms with van der Waals surface area (Å²) in [5, 5.41) is 26.8. The topological polar surface area (TPSA) is 98.1 Å². The van der Waals surface area contributed by atoms with Gasteiger partial charge in [-0.15, -0.1) is 0 Å². The fourth-order valence-electron chi connectivity index (χ4n) is 2.63. The highest BCUT2D eigenvalue weighted by Gasteiger charge is 2.20. The van der Waals surface area contributed by atoms with Crippen molar-refractivity contribution in [1.82, 2.24) is 9.78 Å². The molecule has 1 aromatic heterocycles. The van der Waals surface area contributed by atoms with Crippen LogP contribution in [0.2, 0.25) is 0 Å². The first-order valence-electron chi connectivity index (χ1n) is 7.67. The number of aliphatic carboxylic acids is 2. The average molecular weight is 334 g/mol. The predicted molar refractivity (Wildman–Crippen MR) is 86.8 cm³/mol. The molecular weight excluding hydrogens is 320 g/mol. The molecule has 0 bridgehead atoms. The van der Waals surface area contributed by atoms with Crippen LogP contribution in [0.4, 0.5) is 0 Å². The van der Waals surface area contributed by atoms with Gasteiger partial charge < -0.3 is 19.8 Å². The summed E-state index contributed by atoms with van der Waals surface area (Å²) in [5.74, 6) is -3.01. The molecule has 0 aliphatic carbocycles.